The second-order valence-corrected chi connectivity index (χ2v) is 8.89. The van der Waals surface area contributed by atoms with Crippen molar-refractivity contribution in [1.29, 1.82) is 0 Å². The van der Waals surface area contributed by atoms with Crippen LogP contribution in [0.1, 0.15) is 39.2 Å². The zero-order valence-corrected chi connectivity index (χ0v) is 16.4. The van der Waals surface area contributed by atoms with Crippen molar-refractivity contribution in [2.45, 2.75) is 50.7 Å². The van der Waals surface area contributed by atoms with Crippen LogP contribution in [0.5, 0.6) is 0 Å². The number of halogens is 1. The maximum absolute atomic E-state index is 14.1. The largest absolute Gasteiger partial charge is 0.370 e. The Bertz CT molecular complexity index is 956. The van der Waals surface area contributed by atoms with Gasteiger partial charge >= 0.3 is 0 Å². The first-order chi connectivity index (χ1) is 13.5. The van der Waals surface area contributed by atoms with Crippen LogP contribution in [-0.2, 0) is 24.7 Å². The first-order valence-electron chi connectivity index (χ1n) is 9.54. The molecule has 4 N–H and O–H groups in total. The van der Waals surface area contributed by atoms with Gasteiger partial charge in [0.15, 0.2) is 0 Å². The van der Waals surface area contributed by atoms with Gasteiger partial charge in [-0.25, -0.2) is 4.39 Å². The van der Waals surface area contributed by atoms with Crippen LogP contribution in [0, 0.1) is 17.7 Å². The van der Waals surface area contributed by atoms with E-state index in [4.69, 9.17) is 5.73 Å². The van der Waals surface area contributed by atoms with Crippen LogP contribution in [-0.4, -0.2) is 40.1 Å². The zero-order valence-electron chi connectivity index (χ0n) is 16.4. The average Bonchev–Trinajstić information content (AvgIpc) is 3.18. The van der Waals surface area contributed by atoms with Gasteiger partial charge in [-0.15, -0.1) is 0 Å². The SMILES string of the molecule is CC(C)(C)N1C(=O)[C@@H]2C(CCC(N)=O)NC3(C(=O)Nc4ccc(F)cc43)[C@@H]2C1=O. The van der Waals surface area contributed by atoms with Crippen LogP contribution in [0.2, 0.25) is 0 Å². The molecule has 0 radical (unpaired) electrons. The van der Waals surface area contributed by atoms with Crippen LogP contribution in [0.25, 0.3) is 0 Å². The number of primary amides is 1. The highest BCUT2D eigenvalue weighted by atomic mass is 19.1. The van der Waals surface area contributed by atoms with Crippen molar-refractivity contribution in [3.8, 4) is 0 Å². The molecule has 0 aliphatic carbocycles. The molecule has 9 heteroatoms. The highest BCUT2D eigenvalue weighted by Crippen LogP contribution is 2.54. The standard InChI is InChI=1S/C20H23FN4O4/c1-19(2,3)25-16(27)14-12(6-7-13(22)26)24-20(15(14)17(25)28)10-8-9(21)4-5-11(10)23-18(20)29/h4-5,8,12,14-15,24H,6-7H2,1-3H3,(H2,22,26)(H,23,29)/t12?,14-,15+,20?/m1/s1. The molecule has 3 heterocycles. The molecular weight excluding hydrogens is 379 g/mol. The third-order valence-electron chi connectivity index (χ3n) is 6.05. The molecule has 0 bridgehead atoms. The second-order valence-electron chi connectivity index (χ2n) is 8.89. The van der Waals surface area contributed by atoms with Gasteiger partial charge in [0.05, 0.1) is 11.8 Å². The molecular formula is C20H23FN4O4. The fourth-order valence-electron chi connectivity index (χ4n) is 4.98. The molecule has 0 aromatic heterocycles. The molecule has 2 unspecified atom stereocenters. The van der Waals surface area contributed by atoms with Gasteiger partial charge in [0.1, 0.15) is 11.4 Å². The Hall–Kier alpha value is -2.81. The van der Waals surface area contributed by atoms with E-state index < -0.39 is 58.4 Å². The van der Waals surface area contributed by atoms with Crippen molar-refractivity contribution in [2.24, 2.45) is 17.6 Å². The van der Waals surface area contributed by atoms with E-state index in [1.54, 1.807) is 20.8 Å². The molecule has 1 spiro atoms. The fraction of sp³-hybridized carbons (Fsp3) is 0.500. The molecule has 1 aromatic rings. The molecule has 4 amide bonds. The molecule has 2 saturated heterocycles. The summed E-state index contributed by atoms with van der Waals surface area (Å²) >= 11 is 0. The molecule has 154 valence electrons. The van der Waals surface area contributed by atoms with Crippen LogP contribution < -0.4 is 16.4 Å². The monoisotopic (exact) mass is 402 g/mol. The number of nitrogens with one attached hydrogen (secondary N) is 2. The predicted molar refractivity (Wildman–Crippen MR) is 101 cm³/mol. The van der Waals surface area contributed by atoms with Gasteiger partial charge in [0.2, 0.25) is 23.6 Å². The van der Waals surface area contributed by atoms with Gasteiger partial charge in [-0.2, -0.15) is 0 Å². The van der Waals surface area contributed by atoms with Crippen LogP contribution in [0.15, 0.2) is 18.2 Å². The smallest absolute Gasteiger partial charge is 0.250 e. The number of benzene rings is 1. The number of likely N-dealkylation sites (tertiary alicyclic amines) is 1. The lowest BCUT2D eigenvalue weighted by Gasteiger charge is -2.34. The summed E-state index contributed by atoms with van der Waals surface area (Å²) in [5, 5.41) is 5.84. The summed E-state index contributed by atoms with van der Waals surface area (Å²) in [5.74, 6) is -4.36. The molecule has 4 rings (SSSR count). The summed E-state index contributed by atoms with van der Waals surface area (Å²) in [4.78, 5) is 52.4. The Morgan fingerprint density at radius 3 is 2.55 bits per heavy atom. The summed E-state index contributed by atoms with van der Waals surface area (Å²) < 4.78 is 14.1. The van der Waals surface area contributed by atoms with E-state index in [0.717, 1.165) is 0 Å². The van der Waals surface area contributed by atoms with Gasteiger partial charge in [-0.1, -0.05) is 0 Å². The Balaban J connectivity index is 1.88. The molecule has 8 nitrogen and oxygen atoms in total. The Morgan fingerprint density at radius 1 is 1.24 bits per heavy atom. The van der Waals surface area contributed by atoms with E-state index in [2.05, 4.69) is 10.6 Å². The highest BCUT2D eigenvalue weighted by Gasteiger charge is 2.71. The maximum atomic E-state index is 14.1. The topological polar surface area (TPSA) is 122 Å². The minimum Gasteiger partial charge on any atom is -0.370 e. The molecule has 1 aromatic carbocycles. The van der Waals surface area contributed by atoms with Gasteiger partial charge in [-0.05, 0) is 45.4 Å². The number of anilines is 1. The van der Waals surface area contributed by atoms with Crippen LogP contribution in [0.4, 0.5) is 10.1 Å². The lowest BCUT2D eigenvalue weighted by Crippen LogP contribution is -2.55. The van der Waals surface area contributed by atoms with Crippen molar-refractivity contribution >= 4 is 29.3 Å². The van der Waals surface area contributed by atoms with E-state index in [1.165, 1.54) is 23.1 Å². The molecule has 29 heavy (non-hydrogen) atoms. The number of hydrogen-bond acceptors (Lipinski definition) is 5. The Labute approximate surface area is 167 Å². The summed E-state index contributed by atoms with van der Waals surface area (Å²) in [6, 6.07) is 3.24. The fourth-order valence-corrected chi connectivity index (χ4v) is 4.98. The number of carbonyl (C=O) groups is 4. The second kappa shape index (κ2) is 6.09. The summed E-state index contributed by atoms with van der Waals surface area (Å²) in [7, 11) is 0. The van der Waals surface area contributed by atoms with E-state index in [-0.39, 0.29) is 12.8 Å². The molecule has 3 aliphatic rings. The third kappa shape index (κ3) is 2.60. The van der Waals surface area contributed by atoms with Crippen LogP contribution >= 0.6 is 0 Å². The van der Waals surface area contributed by atoms with Gasteiger partial charge in [0, 0.05) is 29.3 Å². The quantitative estimate of drug-likeness (QED) is 0.640. The lowest BCUT2D eigenvalue weighted by atomic mass is 9.76. The summed E-state index contributed by atoms with van der Waals surface area (Å²) in [6.07, 6.45) is 0.179. The van der Waals surface area contributed by atoms with E-state index in [0.29, 0.717) is 11.3 Å². The van der Waals surface area contributed by atoms with Crippen LogP contribution in [0.3, 0.4) is 0 Å². The van der Waals surface area contributed by atoms with Crippen molar-refractivity contribution < 1.29 is 23.6 Å². The molecule has 3 aliphatic heterocycles. The normalized spacial score (nSPS) is 30.7. The highest BCUT2D eigenvalue weighted by molar-refractivity contribution is 6.15. The van der Waals surface area contributed by atoms with Gasteiger partial charge < -0.3 is 11.1 Å². The van der Waals surface area contributed by atoms with Crippen molar-refractivity contribution in [3.63, 3.8) is 0 Å². The lowest BCUT2D eigenvalue weighted by molar-refractivity contribution is -0.148. The third-order valence-corrected chi connectivity index (χ3v) is 6.05. The Morgan fingerprint density at radius 2 is 1.93 bits per heavy atom. The zero-order chi connectivity index (χ0) is 21.3. The number of fused-ring (bicyclic) bond motifs is 4. The predicted octanol–water partition coefficient (Wildman–Crippen LogP) is 0.610. The minimum absolute atomic E-state index is 0.00835. The number of nitrogens with zero attached hydrogens (tertiary/aromatic N) is 1. The van der Waals surface area contributed by atoms with Gasteiger partial charge in [-0.3, -0.25) is 29.4 Å². The molecule has 0 saturated carbocycles. The van der Waals surface area contributed by atoms with Crippen molar-refractivity contribution in [1.82, 2.24) is 10.2 Å². The average molecular weight is 402 g/mol. The number of rotatable bonds is 3. The van der Waals surface area contributed by atoms with Gasteiger partial charge in [0.25, 0.3) is 0 Å². The number of carbonyl (C=O) groups excluding carboxylic acids is 4. The van der Waals surface area contributed by atoms with E-state index in [9.17, 15) is 23.6 Å². The first kappa shape index (κ1) is 19.5. The van der Waals surface area contributed by atoms with Crippen molar-refractivity contribution in [3.05, 3.63) is 29.6 Å². The van der Waals surface area contributed by atoms with E-state index >= 15 is 0 Å². The molecule has 4 atom stereocenters. The summed E-state index contributed by atoms with van der Waals surface area (Å²) in [5.41, 5.74) is 3.62. The Kier molecular flexibility index (Phi) is 4.10. The molecule has 2 fully saturated rings. The minimum atomic E-state index is -1.57. The first-order valence-corrected chi connectivity index (χ1v) is 9.54. The number of imide groups is 1. The maximum Gasteiger partial charge on any atom is 0.250 e. The van der Waals surface area contributed by atoms with Crippen molar-refractivity contribution in [2.75, 3.05) is 5.32 Å². The number of hydrogen-bond donors (Lipinski definition) is 3. The van der Waals surface area contributed by atoms with E-state index in [1.807, 2.05) is 0 Å². The number of amides is 4. The summed E-state index contributed by atoms with van der Waals surface area (Å²) in [6.45, 7) is 5.22. The number of nitrogens with two attached hydrogens (primary N) is 1.